The fourth-order valence-corrected chi connectivity index (χ4v) is 3.78. The number of ether oxygens (including phenoxy) is 2. The molecule has 6 nitrogen and oxygen atoms in total. The number of hydrogen-bond donors (Lipinski definition) is 1. The second-order valence-electron chi connectivity index (χ2n) is 6.86. The average molecular weight is 347 g/mol. The maximum Gasteiger partial charge on any atom is 0.335 e. The molecule has 0 aliphatic carbocycles. The van der Waals surface area contributed by atoms with Gasteiger partial charge in [-0.1, -0.05) is 0 Å². The van der Waals surface area contributed by atoms with Gasteiger partial charge in [0.1, 0.15) is 5.75 Å². The first-order valence-corrected chi connectivity index (χ1v) is 8.85. The summed E-state index contributed by atoms with van der Waals surface area (Å²) >= 11 is 0. The molecule has 1 N–H and O–H groups in total. The van der Waals surface area contributed by atoms with Crippen LogP contribution in [0, 0.1) is 11.8 Å². The molecule has 1 atom stereocenters. The van der Waals surface area contributed by atoms with Crippen LogP contribution in [-0.4, -0.2) is 55.3 Å². The van der Waals surface area contributed by atoms with E-state index >= 15 is 0 Å². The first kappa shape index (κ1) is 17.7. The van der Waals surface area contributed by atoms with Gasteiger partial charge in [0, 0.05) is 32.2 Å². The molecular weight excluding hydrogens is 322 g/mol. The van der Waals surface area contributed by atoms with Crippen molar-refractivity contribution in [2.75, 3.05) is 33.4 Å². The predicted octanol–water partition coefficient (Wildman–Crippen LogP) is 2.21. The molecule has 1 aromatic carbocycles. The summed E-state index contributed by atoms with van der Waals surface area (Å²) in [4.78, 5) is 25.8. The van der Waals surface area contributed by atoms with Crippen molar-refractivity contribution in [1.82, 2.24) is 4.90 Å². The van der Waals surface area contributed by atoms with Crippen molar-refractivity contribution in [2.45, 2.75) is 25.7 Å². The summed E-state index contributed by atoms with van der Waals surface area (Å²) in [5.41, 5.74) is 1.16. The van der Waals surface area contributed by atoms with E-state index in [-0.39, 0.29) is 17.4 Å². The number of amides is 1. The number of carbonyl (C=O) groups excluding carboxylic acids is 1. The van der Waals surface area contributed by atoms with Crippen molar-refractivity contribution in [3.63, 3.8) is 0 Å². The quantitative estimate of drug-likeness (QED) is 0.884. The number of rotatable bonds is 5. The molecule has 2 aliphatic rings. The standard InChI is InChI=1S/C19H25NO5/c1-24-17-3-2-15(19(22)23)11-16(17)10-13-4-7-20(12-13)18(21)14-5-8-25-9-6-14/h2-3,11,13-14H,4-10,12H2,1H3,(H,22,23). The fourth-order valence-electron chi connectivity index (χ4n) is 3.78. The Labute approximate surface area is 147 Å². The van der Waals surface area contributed by atoms with E-state index < -0.39 is 5.97 Å². The molecule has 2 fully saturated rings. The molecule has 1 amide bonds. The van der Waals surface area contributed by atoms with Crippen molar-refractivity contribution in [2.24, 2.45) is 11.8 Å². The number of benzene rings is 1. The van der Waals surface area contributed by atoms with Crippen molar-refractivity contribution in [3.05, 3.63) is 29.3 Å². The van der Waals surface area contributed by atoms with Gasteiger partial charge in [0.05, 0.1) is 12.7 Å². The third-order valence-electron chi connectivity index (χ3n) is 5.20. The Kier molecular flexibility index (Phi) is 5.58. The van der Waals surface area contributed by atoms with E-state index in [1.807, 2.05) is 4.90 Å². The van der Waals surface area contributed by atoms with Crippen LogP contribution < -0.4 is 4.74 Å². The van der Waals surface area contributed by atoms with Crippen LogP contribution in [0.4, 0.5) is 0 Å². The number of carbonyl (C=O) groups is 2. The highest BCUT2D eigenvalue weighted by molar-refractivity contribution is 5.88. The lowest BCUT2D eigenvalue weighted by molar-refractivity contribution is -0.137. The van der Waals surface area contributed by atoms with Crippen LogP contribution >= 0.6 is 0 Å². The third kappa shape index (κ3) is 4.12. The maximum atomic E-state index is 12.6. The largest absolute Gasteiger partial charge is 0.496 e. The van der Waals surface area contributed by atoms with E-state index in [1.165, 1.54) is 0 Å². The maximum absolute atomic E-state index is 12.6. The number of hydrogen-bond acceptors (Lipinski definition) is 4. The first-order valence-electron chi connectivity index (χ1n) is 8.85. The van der Waals surface area contributed by atoms with Crippen LogP contribution in [0.5, 0.6) is 5.75 Å². The highest BCUT2D eigenvalue weighted by atomic mass is 16.5. The molecule has 0 saturated carbocycles. The van der Waals surface area contributed by atoms with E-state index in [0.717, 1.165) is 44.3 Å². The lowest BCUT2D eigenvalue weighted by Crippen LogP contribution is -2.37. The molecule has 0 bridgehead atoms. The molecule has 6 heteroatoms. The Balaban J connectivity index is 1.63. The van der Waals surface area contributed by atoms with Gasteiger partial charge in [0.25, 0.3) is 0 Å². The zero-order chi connectivity index (χ0) is 17.8. The molecule has 2 heterocycles. The van der Waals surface area contributed by atoms with E-state index in [4.69, 9.17) is 9.47 Å². The summed E-state index contributed by atoms with van der Waals surface area (Å²) in [5, 5.41) is 9.19. The van der Waals surface area contributed by atoms with E-state index in [9.17, 15) is 14.7 Å². The van der Waals surface area contributed by atoms with Gasteiger partial charge in [0.15, 0.2) is 0 Å². The van der Waals surface area contributed by atoms with Crippen molar-refractivity contribution >= 4 is 11.9 Å². The van der Waals surface area contributed by atoms with Crippen LogP contribution in [0.3, 0.4) is 0 Å². The smallest absolute Gasteiger partial charge is 0.335 e. The van der Waals surface area contributed by atoms with Gasteiger partial charge in [-0.25, -0.2) is 4.79 Å². The number of carboxylic acids is 1. The molecule has 0 spiro atoms. The summed E-state index contributed by atoms with van der Waals surface area (Å²) in [5.74, 6) is 0.446. The van der Waals surface area contributed by atoms with Gasteiger partial charge in [-0.3, -0.25) is 4.79 Å². The number of aromatic carboxylic acids is 1. The third-order valence-corrected chi connectivity index (χ3v) is 5.20. The predicted molar refractivity (Wildman–Crippen MR) is 91.9 cm³/mol. The molecule has 1 unspecified atom stereocenters. The van der Waals surface area contributed by atoms with Crippen LogP contribution in [0.25, 0.3) is 0 Å². The molecule has 2 aliphatic heterocycles. The lowest BCUT2D eigenvalue weighted by atomic mass is 9.96. The van der Waals surface area contributed by atoms with Gasteiger partial charge >= 0.3 is 5.97 Å². The number of methoxy groups -OCH3 is 1. The highest BCUT2D eigenvalue weighted by Gasteiger charge is 2.32. The number of nitrogens with zero attached hydrogens (tertiary/aromatic N) is 1. The SMILES string of the molecule is COc1ccc(C(=O)O)cc1CC1CCN(C(=O)C2CCOCC2)C1. The summed E-state index contributed by atoms with van der Waals surface area (Å²) in [7, 11) is 1.59. The van der Waals surface area contributed by atoms with Gasteiger partial charge in [-0.15, -0.1) is 0 Å². The minimum Gasteiger partial charge on any atom is -0.496 e. The topological polar surface area (TPSA) is 76.1 Å². The number of likely N-dealkylation sites (tertiary alicyclic amines) is 1. The Bertz CT molecular complexity index is 639. The normalized spacial score (nSPS) is 21.3. The van der Waals surface area contributed by atoms with Crippen LogP contribution in [0.2, 0.25) is 0 Å². The second kappa shape index (κ2) is 7.87. The molecule has 2 saturated heterocycles. The minimum absolute atomic E-state index is 0.0948. The van der Waals surface area contributed by atoms with Gasteiger partial charge in [-0.05, 0) is 55.4 Å². The Hall–Kier alpha value is -2.08. The molecule has 25 heavy (non-hydrogen) atoms. The van der Waals surface area contributed by atoms with Gasteiger partial charge in [0.2, 0.25) is 5.91 Å². The van der Waals surface area contributed by atoms with Crippen molar-refractivity contribution < 1.29 is 24.2 Å². The van der Waals surface area contributed by atoms with Crippen LogP contribution in [-0.2, 0) is 16.0 Å². The lowest BCUT2D eigenvalue weighted by Gasteiger charge is -2.26. The minimum atomic E-state index is -0.938. The summed E-state index contributed by atoms with van der Waals surface area (Å²) in [6, 6.07) is 4.95. The average Bonchev–Trinajstić information content (AvgIpc) is 3.10. The second-order valence-corrected chi connectivity index (χ2v) is 6.86. The van der Waals surface area contributed by atoms with Crippen molar-refractivity contribution in [3.8, 4) is 5.75 Å². The first-order chi connectivity index (χ1) is 12.1. The monoisotopic (exact) mass is 347 g/mol. The van der Waals surface area contributed by atoms with E-state index in [1.54, 1.807) is 25.3 Å². The molecule has 136 valence electrons. The van der Waals surface area contributed by atoms with Gasteiger partial charge < -0.3 is 19.5 Å². The Morgan fingerprint density at radius 2 is 2.04 bits per heavy atom. The molecule has 1 aromatic rings. The van der Waals surface area contributed by atoms with Crippen molar-refractivity contribution in [1.29, 1.82) is 0 Å². The summed E-state index contributed by atoms with van der Waals surface area (Å²) < 4.78 is 10.7. The van der Waals surface area contributed by atoms with Gasteiger partial charge in [-0.2, -0.15) is 0 Å². The van der Waals surface area contributed by atoms with Crippen LogP contribution in [0.1, 0.15) is 35.2 Å². The summed E-state index contributed by atoms with van der Waals surface area (Å²) in [6.07, 6.45) is 3.29. The molecule has 0 radical (unpaired) electrons. The zero-order valence-corrected chi connectivity index (χ0v) is 14.6. The van der Waals surface area contributed by atoms with E-state index in [2.05, 4.69) is 0 Å². The fraction of sp³-hybridized carbons (Fsp3) is 0.579. The zero-order valence-electron chi connectivity index (χ0n) is 14.6. The molecule has 3 rings (SSSR count). The van der Waals surface area contributed by atoms with E-state index in [0.29, 0.717) is 24.9 Å². The summed E-state index contributed by atoms with van der Waals surface area (Å²) in [6.45, 7) is 2.86. The Morgan fingerprint density at radius 1 is 1.28 bits per heavy atom. The molecular formula is C19H25NO5. The number of carboxylic acid groups (broad SMARTS) is 1. The highest BCUT2D eigenvalue weighted by Crippen LogP contribution is 2.29. The molecule has 0 aromatic heterocycles. The Morgan fingerprint density at radius 3 is 2.72 bits per heavy atom. The van der Waals surface area contributed by atoms with Crippen LogP contribution in [0.15, 0.2) is 18.2 Å².